The molecule has 0 fully saturated rings. The van der Waals surface area contributed by atoms with E-state index < -0.39 is 27.4 Å². The molecule has 2 aliphatic heterocycles. The lowest BCUT2D eigenvalue weighted by Crippen LogP contribution is -2.35. The summed E-state index contributed by atoms with van der Waals surface area (Å²) in [5.41, 5.74) is 6.58. The monoisotopic (exact) mass is 484 g/mol. The number of halogens is 1. The molecule has 3 N–H and O–H groups in total. The van der Waals surface area contributed by atoms with Crippen LogP contribution in [0.1, 0.15) is 32.7 Å². The van der Waals surface area contributed by atoms with E-state index in [1.807, 2.05) is 12.1 Å². The van der Waals surface area contributed by atoms with Gasteiger partial charge in [0.25, 0.3) is 27.4 Å². The van der Waals surface area contributed by atoms with Gasteiger partial charge in [-0.2, -0.15) is 0 Å². The van der Waals surface area contributed by atoms with Gasteiger partial charge < -0.3 is 5.73 Å². The number of rotatable bonds is 3. The standard InChI is InChI=1S/C22H17ClN4O5S/c23-15-8-7-13(33(31,32)26-9-3-5-12-4-1-2-6-16(12)26)10-17(15)27-18(28)11-14-19(20(27)24)22(30)25-21(14)29/h1-2,4,6-8,10-11H,3,5,9,24H2,(H,25,29,30). The fraction of sp³-hybridized carbons (Fsp3) is 0.136. The van der Waals surface area contributed by atoms with Crippen LogP contribution in [0, 0.1) is 0 Å². The Kier molecular flexibility index (Phi) is 4.80. The number of sulfonamides is 1. The first-order valence-electron chi connectivity index (χ1n) is 10.0. The quantitative estimate of drug-likeness (QED) is 0.547. The number of amides is 2. The van der Waals surface area contributed by atoms with Crippen molar-refractivity contribution in [2.75, 3.05) is 16.6 Å². The molecule has 0 atom stereocenters. The first-order valence-corrected chi connectivity index (χ1v) is 11.8. The molecule has 0 aliphatic carbocycles. The fourth-order valence-electron chi connectivity index (χ4n) is 4.23. The molecule has 3 heterocycles. The third-order valence-electron chi connectivity index (χ3n) is 5.77. The number of nitrogens with one attached hydrogen (secondary N) is 1. The maximum atomic E-state index is 13.6. The van der Waals surface area contributed by atoms with Gasteiger partial charge in [-0.3, -0.25) is 28.6 Å². The van der Waals surface area contributed by atoms with Crippen LogP contribution in [0.25, 0.3) is 5.69 Å². The summed E-state index contributed by atoms with van der Waals surface area (Å²) in [5.74, 6) is -1.77. The van der Waals surface area contributed by atoms with Gasteiger partial charge in [-0.1, -0.05) is 29.8 Å². The largest absolute Gasteiger partial charge is 0.384 e. The van der Waals surface area contributed by atoms with E-state index in [9.17, 15) is 22.8 Å². The van der Waals surface area contributed by atoms with Gasteiger partial charge in [-0.15, -0.1) is 0 Å². The van der Waals surface area contributed by atoms with Crippen LogP contribution in [0.4, 0.5) is 11.5 Å². The highest BCUT2D eigenvalue weighted by Crippen LogP contribution is 2.34. The third kappa shape index (κ3) is 3.21. The zero-order valence-corrected chi connectivity index (χ0v) is 18.6. The van der Waals surface area contributed by atoms with E-state index in [-0.39, 0.29) is 32.6 Å². The Balaban J connectivity index is 1.67. The number of anilines is 2. The van der Waals surface area contributed by atoms with E-state index in [1.54, 1.807) is 12.1 Å². The smallest absolute Gasteiger partial charge is 0.264 e. The molecular weight excluding hydrogens is 468 g/mol. The summed E-state index contributed by atoms with van der Waals surface area (Å²) in [6.07, 6.45) is 1.44. The number of para-hydroxylation sites is 1. The number of hydrogen-bond acceptors (Lipinski definition) is 6. The molecule has 9 nitrogen and oxygen atoms in total. The van der Waals surface area contributed by atoms with Crippen LogP contribution in [-0.2, 0) is 16.4 Å². The highest BCUT2D eigenvalue weighted by atomic mass is 35.5. The Bertz CT molecular complexity index is 1530. The van der Waals surface area contributed by atoms with Crippen molar-refractivity contribution in [2.24, 2.45) is 0 Å². The van der Waals surface area contributed by atoms with Gasteiger partial charge in [0.1, 0.15) is 5.82 Å². The topological polar surface area (TPSA) is 132 Å². The Hall–Kier alpha value is -3.63. The normalized spacial score (nSPS) is 15.2. The van der Waals surface area contributed by atoms with E-state index >= 15 is 0 Å². The number of nitrogens with two attached hydrogens (primary N) is 1. The van der Waals surface area contributed by atoms with Gasteiger partial charge in [0.05, 0.1) is 32.4 Å². The van der Waals surface area contributed by atoms with Crippen molar-refractivity contribution in [3.63, 3.8) is 0 Å². The number of benzene rings is 2. The van der Waals surface area contributed by atoms with E-state index in [0.29, 0.717) is 18.7 Å². The number of carbonyl (C=O) groups is 2. The number of nitrogens with zero attached hydrogens (tertiary/aromatic N) is 2. The molecule has 0 saturated heterocycles. The first kappa shape index (κ1) is 21.2. The summed E-state index contributed by atoms with van der Waals surface area (Å²) in [5, 5.41) is 2.13. The minimum absolute atomic E-state index is 0.0134. The number of pyridine rings is 1. The highest BCUT2D eigenvalue weighted by Gasteiger charge is 2.33. The average Bonchev–Trinajstić information content (AvgIpc) is 3.07. The number of imide groups is 1. The summed E-state index contributed by atoms with van der Waals surface area (Å²) in [4.78, 5) is 36.8. The average molecular weight is 485 g/mol. The van der Waals surface area contributed by atoms with Crippen LogP contribution in [0.2, 0.25) is 5.02 Å². The van der Waals surface area contributed by atoms with E-state index in [4.69, 9.17) is 17.3 Å². The molecule has 33 heavy (non-hydrogen) atoms. The minimum atomic E-state index is -3.99. The first-order chi connectivity index (χ1) is 15.7. The van der Waals surface area contributed by atoms with Crippen LogP contribution in [0.3, 0.4) is 0 Å². The number of aryl methyl sites for hydroxylation is 1. The van der Waals surface area contributed by atoms with Gasteiger partial charge in [0, 0.05) is 12.6 Å². The van der Waals surface area contributed by atoms with Crippen LogP contribution >= 0.6 is 11.6 Å². The number of hydrogen-bond donors (Lipinski definition) is 2. The summed E-state index contributed by atoms with van der Waals surface area (Å²) < 4.78 is 29.4. The zero-order valence-electron chi connectivity index (χ0n) is 17.0. The predicted octanol–water partition coefficient (Wildman–Crippen LogP) is 2.10. The number of nitrogen functional groups attached to an aromatic ring is 1. The SMILES string of the molecule is Nc1c2c(cc(=O)n1-c1cc(S(=O)(=O)N3CCCc4ccccc43)ccc1Cl)C(=O)NC2=O. The Morgan fingerprint density at radius 1 is 0.970 bits per heavy atom. The van der Waals surface area contributed by atoms with Crippen LogP contribution in [0.15, 0.2) is 58.2 Å². The summed E-state index contributed by atoms with van der Waals surface area (Å²) in [7, 11) is -3.99. The predicted molar refractivity (Wildman–Crippen MR) is 123 cm³/mol. The zero-order chi connectivity index (χ0) is 23.5. The van der Waals surface area contributed by atoms with Gasteiger partial charge in [-0.25, -0.2) is 8.42 Å². The second-order valence-corrected chi connectivity index (χ2v) is 9.97. The number of carbonyl (C=O) groups excluding carboxylic acids is 2. The highest BCUT2D eigenvalue weighted by molar-refractivity contribution is 7.92. The molecule has 11 heteroatoms. The Labute approximate surface area is 193 Å². The molecule has 3 aromatic rings. The summed E-state index contributed by atoms with van der Waals surface area (Å²) >= 11 is 6.32. The molecule has 168 valence electrons. The number of fused-ring (bicyclic) bond motifs is 2. The van der Waals surface area contributed by atoms with Crippen LogP contribution in [-0.4, -0.2) is 31.3 Å². The van der Waals surface area contributed by atoms with Crippen molar-refractivity contribution in [3.05, 3.63) is 80.6 Å². The lowest BCUT2D eigenvalue weighted by Gasteiger charge is -2.30. The Morgan fingerprint density at radius 2 is 1.73 bits per heavy atom. The van der Waals surface area contributed by atoms with E-state index in [2.05, 4.69) is 5.32 Å². The van der Waals surface area contributed by atoms with Gasteiger partial charge in [-0.05, 0) is 42.7 Å². The summed E-state index contributed by atoms with van der Waals surface area (Å²) in [6.45, 7) is 0.306. The molecule has 0 spiro atoms. The van der Waals surface area contributed by atoms with Crippen LogP contribution < -0.4 is 20.9 Å². The fourth-order valence-corrected chi connectivity index (χ4v) is 5.99. The second-order valence-electron chi connectivity index (χ2n) is 7.70. The van der Waals surface area contributed by atoms with E-state index in [1.165, 1.54) is 22.5 Å². The molecular formula is C22H17ClN4O5S. The van der Waals surface area contributed by atoms with Crippen molar-refractivity contribution in [1.29, 1.82) is 0 Å². The van der Waals surface area contributed by atoms with Crippen molar-refractivity contribution in [1.82, 2.24) is 9.88 Å². The maximum absolute atomic E-state index is 13.6. The third-order valence-corrected chi connectivity index (χ3v) is 7.90. The number of aromatic nitrogens is 1. The molecule has 2 aliphatic rings. The Morgan fingerprint density at radius 3 is 2.52 bits per heavy atom. The molecule has 2 amide bonds. The molecule has 2 aromatic carbocycles. The molecule has 0 bridgehead atoms. The molecule has 0 saturated carbocycles. The van der Waals surface area contributed by atoms with Gasteiger partial charge >= 0.3 is 0 Å². The summed E-state index contributed by atoms with van der Waals surface area (Å²) in [6, 6.07) is 12.2. The molecule has 1 aromatic heterocycles. The van der Waals surface area contributed by atoms with E-state index in [0.717, 1.165) is 22.6 Å². The van der Waals surface area contributed by atoms with Crippen molar-refractivity contribution in [3.8, 4) is 5.69 Å². The maximum Gasteiger partial charge on any atom is 0.264 e. The lowest BCUT2D eigenvalue weighted by molar-refractivity contribution is 0.0880. The van der Waals surface area contributed by atoms with Crippen molar-refractivity contribution < 1.29 is 18.0 Å². The van der Waals surface area contributed by atoms with Gasteiger partial charge in [0.2, 0.25) is 0 Å². The second kappa shape index (κ2) is 7.46. The van der Waals surface area contributed by atoms with Crippen molar-refractivity contribution in [2.45, 2.75) is 17.7 Å². The molecule has 0 radical (unpaired) electrons. The lowest BCUT2D eigenvalue weighted by atomic mass is 10.0. The molecule has 0 unspecified atom stereocenters. The molecule has 5 rings (SSSR count). The minimum Gasteiger partial charge on any atom is -0.384 e. The van der Waals surface area contributed by atoms with Gasteiger partial charge in [0.15, 0.2) is 0 Å². The van der Waals surface area contributed by atoms with Crippen LogP contribution in [0.5, 0.6) is 0 Å². The van der Waals surface area contributed by atoms with Crippen molar-refractivity contribution >= 4 is 44.9 Å².